The molecule has 0 spiro atoms. The van der Waals surface area contributed by atoms with Gasteiger partial charge in [0.05, 0.1) is 6.20 Å². The second-order valence-electron chi connectivity index (χ2n) is 3.41. The Morgan fingerprint density at radius 3 is 2.87 bits per heavy atom. The van der Waals surface area contributed by atoms with Crippen LogP contribution in [0.25, 0.3) is 0 Å². The van der Waals surface area contributed by atoms with E-state index in [-0.39, 0.29) is 5.92 Å². The Labute approximate surface area is 89.8 Å². The first kappa shape index (κ1) is 11.9. The SMILES string of the molecule is C=CS(=O)(=O)NCC(C)c1cnn(C)c1. The van der Waals surface area contributed by atoms with E-state index in [1.807, 2.05) is 20.2 Å². The van der Waals surface area contributed by atoms with Crippen LogP contribution in [-0.2, 0) is 17.1 Å². The van der Waals surface area contributed by atoms with Crippen molar-refractivity contribution in [3.8, 4) is 0 Å². The molecule has 1 N–H and O–H groups in total. The predicted octanol–water partition coefficient (Wildman–Crippen LogP) is 0.586. The minimum absolute atomic E-state index is 0.0911. The third kappa shape index (κ3) is 3.49. The Kier molecular flexibility index (Phi) is 3.65. The van der Waals surface area contributed by atoms with Crippen molar-refractivity contribution in [1.29, 1.82) is 0 Å². The molecule has 0 fully saturated rings. The van der Waals surface area contributed by atoms with E-state index >= 15 is 0 Å². The monoisotopic (exact) mass is 229 g/mol. The maximum absolute atomic E-state index is 11.1. The Balaban J connectivity index is 2.57. The van der Waals surface area contributed by atoms with Crippen LogP contribution in [0.2, 0.25) is 0 Å². The lowest BCUT2D eigenvalue weighted by Crippen LogP contribution is -2.25. The number of nitrogens with one attached hydrogen (secondary N) is 1. The average Bonchev–Trinajstić information content (AvgIpc) is 2.61. The first-order valence-electron chi connectivity index (χ1n) is 4.55. The summed E-state index contributed by atoms with van der Waals surface area (Å²) in [6.45, 7) is 5.50. The lowest BCUT2D eigenvalue weighted by Gasteiger charge is -2.08. The van der Waals surface area contributed by atoms with Crippen LogP contribution in [-0.4, -0.2) is 24.7 Å². The fourth-order valence-corrected chi connectivity index (χ4v) is 1.71. The van der Waals surface area contributed by atoms with Crippen LogP contribution in [0, 0.1) is 0 Å². The molecule has 1 heterocycles. The van der Waals surface area contributed by atoms with Crippen molar-refractivity contribution in [1.82, 2.24) is 14.5 Å². The highest BCUT2D eigenvalue weighted by Crippen LogP contribution is 2.12. The molecule has 0 bridgehead atoms. The zero-order valence-electron chi connectivity index (χ0n) is 8.84. The van der Waals surface area contributed by atoms with Crippen LogP contribution < -0.4 is 4.72 Å². The van der Waals surface area contributed by atoms with Gasteiger partial charge in [-0.05, 0) is 11.5 Å². The fraction of sp³-hybridized carbons (Fsp3) is 0.444. The maximum Gasteiger partial charge on any atom is 0.233 e. The van der Waals surface area contributed by atoms with Gasteiger partial charge in [0.2, 0.25) is 10.0 Å². The Morgan fingerprint density at radius 1 is 1.73 bits per heavy atom. The van der Waals surface area contributed by atoms with Crippen molar-refractivity contribution in [2.45, 2.75) is 12.8 Å². The number of aromatic nitrogens is 2. The zero-order chi connectivity index (χ0) is 11.5. The molecule has 0 aliphatic rings. The first-order chi connectivity index (χ1) is 6.94. The molecule has 1 unspecified atom stereocenters. The highest BCUT2D eigenvalue weighted by Gasteiger charge is 2.10. The number of nitrogens with zero attached hydrogens (tertiary/aromatic N) is 2. The minimum atomic E-state index is -3.33. The van der Waals surface area contributed by atoms with Gasteiger partial charge in [-0.25, -0.2) is 13.1 Å². The van der Waals surface area contributed by atoms with Crippen molar-refractivity contribution in [3.63, 3.8) is 0 Å². The van der Waals surface area contributed by atoms with Gasteiger partial charge in [0.25, 0.3) is 0 Å². The van der Waals surface area contributed by atoms with Gasteiger partial charge in [-0.2, -0.15) is 5.10 Å². The summed E-state index contributed by atoms with van der Waals surface area (Å²) >= 11 is 0. The zero-order valence-corrected chi connectivity index (χ0v) is 9.66. The molecule has 0 aromatic carbocycles. The summed E-state index contributed by atoms with van der Waals surface area (Å²) in [5.74, 6) is 0.0911. The molecule has 1 aromatic heterocycles. The van der Waals surface area contributed by atoms with E-state index in [1.54, 1.807) is 10.9 Å². The number of hydrogen-bond acceptors (Lipinski definition) is 3. The van der Waals surface area contributed by atoms with Gasteiger partial charge in [-0.1, -0.05) is 13.5 Å². The van der Waals surface area contributed by atoms with Crippen molar-refractivity contribution in [2.24, 2.45) is 7.05 Å². The van der Waals surface area contributed by atoms with Gasteiger partial charge in [-0.15, -0.1) is 0 Å². The molecule has 0 aliphatic carbocycles. The van der Waals surface area contributed by atoms with Crippen molar-refractivity contribution < 1.29 is 8.42 Å². The summed E-state index contributed by atoms with van der Waals surface area (Å²) in [4.78, 5) is 0. The molecule has 84 valence electrons. The summed E-state index contributed by atoms with van der Waals surface area (Å²) in [6, 6.07) is 0. The predicted molar refractivity (Wildman–Crippen MR) is 58.7 cm³/mol. The molecule has 1 aromatic rings. The Hall–Kier alpha value is -1.14. The molecular weight excluding hydrogens is 214 g/mol. The van der Waals surface area contributed by atoms with E-state index < -0.39 is 10.0 Å². The molecule has 1 atom stereocenters. The summed E-state index contributed by atoms with van der Waals surface area (Å²) in [5.41, 5.74) is 1.00. The number of aryl methyl sites for hydroxylation is 1. The normalized spacial score (nSPS) is 13.7. The molecule has 0 amide bonds. The van der Waals surface area contributed by atoms with Crippen LogP contribution in [0.1, 0.15) is 18.4 Å². The van der Waals surface area contributed by atoms with Crippen molar-refractivity contribution >= 4 is 10.0 Å². The van der Waals surface area contributed by atoms with Crippen LogP contribution in [0.5, 0.6) is 0 Å². The standard InChI is InChI=1S/C9H15N3O2S/c1-4-15(13,14)11-5-8(2)9-6-10-12(3)7-9/h4,6-8,11H,1,5H2,2-3H3. The van der Waals surface area contributed by atoms with Gasteiger partial charge in [0.1, 0.15) is 0 Å². The van der Waals surface area contributed by atoms with Crippen molar-refractivity contribution in [3.05, 3.63) is 29.9 Å². The van der Waals surface area contributed by atoms with Crippen molar-refractivity contribution in [2.75, 3.05) is 6.54 Å². The third-order valence-electron chi connectivity index (χ3n) is 2.10. The largest absolute Gasteiger partial charge is 0.276 e. The summed E-state index contributed by atoms with van der Waals surface area (Å²) in [5, 5.41) is 4.93. The highest BCUT2D eigenvalue weighted by atomic mass is 32.2. The minimum Gasteiger partial charge on any atom is -0.276 e. The maximum atomic E-state index is 11.1. The first-order valence-corrected chi connectivity index (χ1v) is 6.10. The van der Waals surface area contributed by atoms with Gasteiger partial charge < -0.3 is 0 Å². The molecule has 1 rings (SSSR count). The van der Waals surface area contributed by atoms with E-state index in [1.165, 1.54) is 0 Å². The number of hydrogen-bond donors (Lipinski definition) is 1. The third-order valence-corrected chi connectivity index (χ3v) is 3.11. The molecule has 0 saturated carbocycles. The number of sulfonamides is 1. The van der Waals surface area contributed by atoms with Crippen LogP contribution in [0.15, 0.2) is 24.4 Å². The molecule has 15 heavy (non-hydrogen) atoms. The Morgan fingerprint density at radius 2 is 2.40 bits per heavy atom. The average molecular weight is 229 g/mol. The Bertz CT molecular complexity index is 436. The van der Waals surface area contributed by atoms with Gasteiger partial charge in [0, 0.05) is 25.2 Å². The van der Waals surface area contributed by atoms with E-state index in [2.05, 4.69) is 16.4 Å². The van der Waals surface area contributed by atoms with E-state index in [0.717, 1.165) is 11.0 Å². The number of rotatable bonds is 5. The second kappa shape index (κ2) is 4.59. The molecular formula is C9H15N3O2S. The van der Waals surface area contributed by atoms with E-state index in [0.29, 0.717) is 6.54 Å². The van der Waals surface area contributed by atoms with Crippen LogP contribution in [0.4, 0.5) is 0 Å². The molecule has 0 radical (unpaired) electrons. The smallest absolute Gasteiger partial charge is 0.233 e. The lowest BCUT2D eigenvalue weighted by molar-refractivity contribution is 0.584. The van der Waals surface area contributed by atoms with Crippen LogP contribution in [0.3, 0.4) is 0 Å². The van der Waals surface area contributed by atoms with E-state index in [9.17, 15) is 8.42 Å². The summed E-state index contributed by atoms with van der Waals surface area (Å²) < 4.78 is 26.3. The molecule has 6 heteroatoms. The lowest BCUT2D eigenvalue weighted by atomic mass is 10.1. The molecule has 0 aliphatic heterocycles. The quantitative estimate of drug-likeness (QED) is 0.803. The topological polar surface area (TPSA) is 64.0 Å². The molecule has 5 nitrogen and oxygen atoms in total. The summed E-state index contributed by atoms with van der Waals surface area (Å²) in [7, 11) is -1.51. The van der Waals surface area contributed by atoms with Gasteiger partial charge in [-0.3, -0.25) is 4.68 Å². The van der Waals surface area contributed by atoms with Crippen LogP contribution >= 0.6 is 0 Å². The summed E-state index contributed by atoms with van der Waals surface area (Å²) in [6.07, 6.45) is 3.60. The van der Waals surface area contributed by atoms with E-state index in [4.69, 9.17) is 0 Å². The fourth-order valence-electron chi connectivity index (χ4n) is 1.11. The van der Waals surface area contributed by atoms with Gasteiger partial charge >= 0.3 is 0 Å². The second-order valence-corrected chi connectivity index (χ2v) is 5.12. The highest BCUT2D eigenvalue weighted by molar-refractivity contribution is 7.92. The molecule has 0 saturated heterocycles. The van der Waals surface area contributed by atoms with Gasteiger partial charge in [0.15, 0.2) is 0 Å².